The topological polar surface area (TPSA) is 382 Å². The molecule has 8 rings (SSSR count). The molecule has 0 aromatic rings. The van der Waals surface area contributed by atoms with Gasteiger partial charge >= 0.3 is 11.9 Å². The summed E-state index contributed by atoms with van der Waals surface area (Å²) in [5.41, 5.74) is -3.58. The van der Waals surface area contributed by atoms with Gasteiger partial charge in [-0.3, -0.25) is 0 Å². The first-order valence-electron chi connectivity index (χ1n) is 26.8. The number of allylic oxidation sites excluding steroid dienone is 3. The van der Waals surface area contributed by atoms with Crippen LogP contribution in [0.3, 0.4) is 0 Å². The molecular formula is C53H84O23. The number of hydrogen-bond donors (Lipinski definition) is 14. The molecule has 0 aromatic carbocycles. The highest BCUT2D eigenvalue weighted by atomic mass is 16.8. The third-order valence-corrected chi connectivity index (χ3v) is 20.8. The summed E-state index contributed by atoms with van der Waals surface area (Å²) in [6, 6.07) is 0. The number of hydrogen-bond acceptors (Lipinski definition) is 22. The molecule has 23 heteroatoms. The Kier molecular flexibility index (Phi) is 16.9. The molecule has 3 heterocycles. The van der Waals surface area contributed by atoms with Crippen LogP contribution in [-0.2, 0) is 42.7 Å². The maximum atomic E-state index is 13.1. The van der Waals surface area contributed by atoms with Gasteiger partial charge in [-0.1, -0.05) is 59.3 Å². The van der Waals surface area contributed by atoms with Crippen molar-refractivity contribution in [3.05, 3.63) is 23.3 Å². The molecule has 14 N–H and O–H groups in total. The van der Waals surface area contributed by atoms with Crippen LogP contribution in [0.2, 0.25) is 0 Å². The molecular weight excluding hydrogens is 1000 g/mol. The molecule has 0 bridgehead atoms. The number of esters is 1. The molecule has 3 aliphatic heterocycles. The highest BCUT2D eigenvalue weighted by molar-refractivity contribution is 5.87. The largest absolute Gasteiger partial charge is 0.479 e. The van der Waals surface area contributed by atoms with Crippen molar-refractivity contribution in [1.29, 1.82) is 0 Å². The van der Waals surface area contributed by atoms with E-state index >= 15 is 0 Å². The van der Waals surface area contributed by atoms with Gasteiger partial charge in [0.2, 0.25) is 0 Å². The molecule has 7 fully saturated rings. The number of rotatable bonds is 13. The van der Waals surface area contributed by atoms with E-state index in [0.717, 1.165) is 5.57 Å². The fourth-order valence-electron chi connectivity index (χ4n) is 15.8. The molecule has 4 saturated carbocycles. The molecule has 0 amide bonds. The average molecular weight is 1090 g/mol. The van der Waals surface area contributed by atoms with Crippen molar-refractivity contribution in [2.45, 2.75) is 217 Å². The summed E-state index contributed by atoms with van der Waals surface area (Å²) < 4.78 is 41.8. The van der Waals surface area contributed by atoms with E-state index in [4.69, 9.17) is 33.2 Å². The van der Waals surface area contributed by atoms with Crippen LogP contribution >= 0.6 is 0 Å². The van der Waals surface area contributed by atoms with Crippen molar-refractivity contribution in [3.8, 4) is 0 Å². The number of aliphatic hydroxyl groups is 13. The van der Waals surface area contributed by atoms with Crippen LogP contribution in [0.25, 0.3) is 0 Å². The lowest BCUT2D eigenvalue weighted by molar-refractivity contribution is -0.392. The SMILES string of the molecule is C/C=C(/C)C(=O)OC[C@@]12[C@H](O)C[C@]3(C)C(=CCC4[C@@]5(C)CC[C@H](O[C@@H]6O[C@H](C(=O)O)[C@@H](O[C@@H]7O[C@H](CO)[C@@H](O)[C@H](O)[C@H]7O)[C@H](O)[C@H]6O[C@@H]6O[C@H](CO)[C@@H](O)[C@H](O)[C@H]6O)[C@](C)(CO)C5CC[C@]43C)[C@@H]1CC(C)(C)[C@@H](O)[C@@H]2O. The Bertz CT molecular complexity index is 2170. The maximum absolute atomic E-state index is 13.1. The van der Waals surface area contributed by atoms with Gasteiger partial charge in [-0.05, 0) is 98.2 Å². The Morgan fingerprint density at radius 1 is 0.684 bits per heavy atom. The van der Waals surface area contributed by atoms with Gasteiger partial charge in [-0.25, -0.2) is 9.59 Å². The van der Waals surface area contributed by atoms with Crippen LogP contribution in [0.5, 0.6) is 0 Å². The first-order chi connectivity index (χ1) is 35.5. The Morgan fingerprint density at radius 3 is 1.80 bits per heavy atom. The molecule has 0 radical (unpaired) electrons. The average Bonchev–Trinajstić information content (AvgIpc) is 3.58. The van der Waals surface area contributed by atoms with Gasteiger partial charge in [0.15, 0.2) is 25.0 Å². The van der Waals surface area contributed by atoms with E-state index in [1.54, 1.807) is 19.9 Å². The minimum Gasteiger partial charge on any atom is -0.479 e. The number of fused-ring (bicyclic) bond motifs is 7. The molecule has 5 aliphatic carbocycles. The first-order valence-corrected chi connectivity index (χ1v) is 26.8. The molecule has 0 aromatic heterocycles. The molecule has 76 heavy (non-hydrogen) atoms. The summed E-state index contributed by atoms with van der Waals surface area (Å²) in [4.78, 5) is 26.2. The van der Waals surface area contributed by atoms with Gasteiger partial charge in [-0.15, -0.1) is 0 Å². The van der Waals surface area contributed by atoms with E-state index in [9.17, 15) is 81.1 Å². The predicted molar refractivity (Wildman–Crippen MR) is 259 cm³/mol. The van der Waals surface area contributed by atoms with E-state index in [0.29, 0.717) is 37.7 Å². The molecule has 0 spiro atoms. The van der Waals surface area contributed by atoms with Crippen molar-refractivity contribution < 1.29 is 114 Å². The molecule has 2 unspecified atom stereocenters. The Morgan fingerprint density at radius 2 is 1.26 bits per heavy atom. The minimum atomic E-state index is -2.17. The van der Waals surface area contributed by atoms with Crippen LogP contribution in [0, 0.1) is 50.2 Å². The van der Waals surface area contributed by atoms with Crippen LogP contribution in [0.1, 0.15) is 100 Å². The Hall–Kier alpha value is -2.34. The Balaban J connectivity index is 1.11. The summed E-state index contributed by atoms with van der Waals surface area (Å²) in [7, 11) is 0. The number of carbonyl (C=O) groups is 2. The van der Waals surface area contributed by atoms with Gasteiger partial charge in [0, 0.05) is 11.0 Å². The molecule has 434 valence electrons. The number of ether oxygens (including phenoxy) is 7. The predicted octanol–water partition coefficient (Wildman–Crippen LogP) is -1.89. The summed E-state index contributed by atoms with van der Waals surface area (Å²) in [6.45, 7) is 13.1. The van der Waals surface area contributed by atoms with Crippen LogP contribution in [0.15, 0.2) is 23.3 Å². The van der Waals surface area contributed by atoms with E-state index in [1.807, 2.05) is 20.8 Å². The summed E-state index contributed by atoms with van der Waals surface area (Å²) in [5, 5.41) is 155. The molecule has 27 atom stereocenters. The van der Waals surface area contributed by atoms with Crippen molar-refractivity contribution in [2.24, 2.45) is 50.2 Å². The quantitative estimate of drug-likeness (QED) is 0.0415. The highest BCUT2D eigenvalue weighted by Gasteiger charge is 2.73. The summed E-state index contributed by atoms with van der Waals surface area (Å²) in [5.74, 6) is -3.13. The highest BCUT2D eigenvalue weighted by Crippen LogP contribution is 2.76. The van der Waals surface area contributed by atoms with Gasteiger partial charge in [-0.2, -0.15) is 0 Å². The second kappa shape index (κ2) is 21.5. The van der Waals surface area contributed by atoms with E-state index in [2.05, 4.69) is 26.8 Å². The van der Waals surface area contributed by atoms with Crippen molar-refractivity contribution >= 4 is 11.9 Å². The molecule has 8 aliphatic rings. The third kappa shape index (κ3) is 9.25. The zero-order valence-corrected chi connectivity index (χ0v) is 44.6. The number of aliphatic hydroxyl groups excluding tert-OH is 13. The first kappa shape index (κ1) is 59.8. The Labute approximate surface area is 442 Å². The number of aliphatic carboxylic acids is 1. The zero-order valence-electron chi connectivity index (χ0n) is 44.6. The lowest BCUT2D eigenvalue weighted by Gasteiger charge is -2.72. The third-order valence-electron chi connectivity index (χ3n) is 20.8. The second-order valence-corrected chi connectivity index (χ2v) is 25.0. The van der Waals surface area contributed by atoms with Crippen LogP contribution in [0.4, 0.5) is 0 Å². The smallest absolute Gasteiger partial charge is 0.335 e. The maximum Gasteiger partial charge on any atom is 0.335 e. The van der Waals surface area contributed by atoms with E-state index in [-0.39, 0.29) is 31.3 Å². The summed E-state index contributed by atoms with van der Waals surface area (Å²) in [6.07, 6.45) is -26.6. The standard InChI is InChI=1S/C53H84O23/c1-9-22(2)44(69)70-21-53-24(16-48(3,4)41(65)42(53)66)23-10-11-28-49(5)14-13-30(50(6,20-56)27(49)12-15-51(28,7)52(23,8)17-29(53)57)73-47-39(75-46-36(63)34(61)32(59)26(19-55)72-46)37(64)38(40(76-47)43(67)68)74-45-35(62)33(60)31(58)25(18-54)71-45/h9-10,24-42,45-47,54-66H,11-21H2,1-8H3,(H,67,68)/b22-9-/t24-,25+,26+,27?,28?,29+,30-,31+,32+,33-,34-,35+,36+,37-,38-,39+,40-,41-,42-,45-,46-,47+,49-,50+,51+,52+,53-/m0/s1. The number of carbonyl (C=O) groups excluding carboxylic acids is 1. The van der Waals surface area contributed by atoms with E-state index in [1.165, 1.54) is 0 Å². The number of carboxylic acids is 1. The zero-order chi connectivity index (χ0) is 56.2. The molecule has 3 saturated heterocycles. The lowest BCUT2D eigenvalue weighted by Crippen LogP contribution is -2.72. The van der Waals surface area contributed by atoms with E-state index < -0.39 is 187 Å². The van der Waals surface area contributed by atoms with Crippen molar-refractivity contribution in [2.75, 3.05) is 26.4 Å². The van der Waals surface area contributed by atoms with Crippen LogP contribution in [-0.4, -0.2) is 226 Å². The van der Waals surface area contributed by atoms with Crippen molar-refractivity contribution in [1.82, 2.24) is 0 Å². The molecule has 23 nitrogen and oxygen atoms in total. The van der Waals surface area contributed by atoms with Gasteiger partial charge in [0.1, 0.15) is 73.8 Å². The number of carboxylic acid groups (broad SMARTS) is 1. The van der Waals surface area contributed by atoms with Crippen LogP contribution < -0.4 is 0 Å². The lowest BCUT2D eigenvalue weighted by atomic mass is 9.33. The second-order valence-electron chi connectivity index (χ2n) is 25.0. The fourth-order valence-corrected chi connectivity index (χ4v) is 15.8. The van der Waals surface area contributed by atoms with Crippen molar-refractivity contribution in [3.63, 3.8) is 0 Å². The fraction of sp³-hybridized carbons (Fsp3) is 0.887. The summed E-state index contributed by atoms with van der Waals surface area (Å²) >= 11 is 0. The minimum absolute atomic E-state index is 0.0620. The van der Waals surface area contributed by atoms with Gasteiger partial charge in [0.25, 0.3) is 0 Å². The normalized spacial score (nSPS) is 52.3. The monoisotopic (exact) mass is 1090 g/mol. The van der Waals surface area contributed by atoms with Gasteiger partial charge < -0.3 is 105 Å². The van der Waals surface area contributed by atoms with Gasteiger partial charge in [0.05, 0.1) is 49.7 Å².